The second-order valence-electron chi connectivity index (χ2n) is 12.3. The van der Waals surface area contributed by atoms with Crippen LogP contribution in [0.15, 0.2) is 116 Å². The molecule has 3 aromatic carbocycles. The maximum Gasteiger partial charge on any atom is 0.258 e. The number of nitrogens with one attached hydrogen (secondary N) is 1. The first-order valence-corrected chi connectivity index (χ1v) is 15.4. The minimum Gasteiger partial charge on any atom is -0.368 e. The molecule has 0 saturated heterocycles. The molecule has 2 aliphatic carbocycles. The molecule has 1 unspecified atom stereocenters. The Labute approximate surface area is 268 Å². The number of amides is 1. The van der Waals surface area contributed by atoms with E-state index in [-0.39, 0.29) is 28.8 Å². The van der Waals surface area contributed by atoms with E-state index >= 15 is 0 Å². The number of allylic oxidation sites excluding steroid dienone is 4. The van der Waals surface area contributed by atoms with Gasteiger partial charge < -0.3 is 10.2 Å². The molecule has 0 bridgehead atoms. The van der Waals surface area contributed by atoms with Crippen LogP contribution in [-0.2, 0) is 11.8 Å². The van der Waals surface area contributed by atoms with Crippen LogP contribution in [-0.4, -0.2) is 23.7 Å². The highest BCUT2D eigenvalue weighted by Gasteiger charge is 2.34. The molecule has 0 fully saturated rings. The van der Waals surface area contributed by atoms with Crippen molar-refractivity contribution in [3.05, 3.63) is 154 Å². The molecule has 0 saturated carbocycles. The lowest BCUT2D eigenvalue weighted by atomic mass is 9.69. The lowest BCUT2D eigenvalue weighted by Crippen LogP contribution is -2.43. The summed E-state index contributed by atoms with van der Waals surface area (Å²) in [6, 6.07) is 19.7. The number of aromatic nitrogens is 1. The molecule has 1 N–H and O–H groups in total. The molecule has 0 spiro atoms. The predicted octanol–water partition coefficient (Wildman–Crippen LogP) is 6.64. The molecule has 5 nitrogen and oxygen atoms in total. The molecule has 3 aliphatic rings. The van der Waals surface area contributed by atoms with Gasteiger partial charge in [0, 0.05) is 54.6 Å². The predicted molar refractivity (Wildman–Crippen MR) is 183 cm³/mol. The maximum absolute atomic E-state index is 13.5. The van der Waals surface area contributed by atoms with Crippen molar-refractivity contribution in [3.63, 3.8) is 0 Å². The molecule has 0 radical (unpaired) electrons. The number of anilines is 1. The first-order chi connectivity index (χ1) is 22.2. The number of carbonyl (C=O) groups is 2. The fourth-order valence-corrected chi connectivity index (χ4v) is 6.43. The van der Waals surface area contributed by atoms with Crippen LogP contribution in [0.2, 0.25) is 0 Å². The van der Waals surface area contributed by atoms with E-state index in [2.05, 4.69) is 48.4 Å². The van der Waals surface area contributed by atoms with E-state index in [0.29, 0.717) is 24.0 Å². The molecular weight excluding hydrogens is 573 g/mol. The van der Waals surface area contributed by atoms with Gasteiger partial charge in [-0.1, -0.05) is 56.4 Å². The summed E-state index contributed by atoms with van der Waals surface area (Å²) < 4.78 is 13.5. The average Bonchev–Trinajstić information content (AvgIpc) is 3.41. The topological polar surface area (TPSA) is 62.3 Å². The Morgan fingerprint density at radius 2 is 1.52 bits per heavy atom. The fourth-order valence-electron chi connectivity index (χ4n) is 6.43. The summed E-state index contributed by atoms with van der Waals surface area (Å²) in [6.07, 6.45) is 20.6. The Bertz CT molecular complexity index is 1990. The Kier molecular flexibility index (Phi) is 8.62. The van der Waals surface area contributed by atoms with E-state index in [0.717, 1.165) is 32.8 Å². The smallest absolute Gasteiger partial charge is 0.258 e. The van der Waals surface area contributed by atoms with E-state index in [4.69, 9.17) is 0 Å². The molecular formula is C40H36FN3O2. The summed E-state index contributed by atoms with van der Waals surface area (Å²) in [7, 11) is 1.77. The van der Waals surface area contributed by atoms with Crippen LogP contribution in [0.1, 0.15) is 52.1 Å². The number of nitrogens with zero attached hydrogens (tertiary/aromatic N) is 2. The van der Waals surface area contributed by atoms with Crippen LogP contribution >= 0.6 is 0 Å². The molecule has 6 heteroatoms. The number of hydrogen-bond donors (Lipinski definition) is 1. The summed E-state index contributed by atoms with van der Waals surface area (Å²) in [5.41, 5.74) is 6.32. The summed E-state index contributed by atoms with van der Waals surface area (Å²) in [5.74, 6) is -0.689. The minimum atomic E-state index is -0.346. The van der Waals surface area contributed by atoms with Crippen LogP contribution in [0.3, 0.4) is 0 Å². The van der Waals surface area contributed by atoms with E-state index in [1.54, 1.807) is 36.5 Å². The van der Waals surface area contributed by atoms with Gasteiger partial charge in [-0.25, -0.2) is 4.39 Å². The third kappa shape index (κ3) is 6.24. The van der Waals surface area contributed by atoms with Gasteiger partial charge in [-0.3, -0.25) is 14.6 Å². The molecule has 2 heterocycles. The highest BCUT2D eigenvalue weighted by Crippen LogP contribution is 2.35. The summed E-state index contributed by atoms with van der Waals surface area (Å²) >= 11 is 0. The second-order valence-corrected chi connectivity index (χ2v) is 12.3. The molecule has 46 heavy (non-hydrogen) atoms. The van der Waals surface area contributed by atoms with Gasteiger partial charge in [0.25, 0.3) is 5.91 Å². The van der Waals surface area contributed by atoms with Crippen LogP contribution in [0.5, 0.6) is 0 Å². The van der Waals surface area contributed by atoms with Gasteiger partial charge in [-0.2, -0.15) is 0 Å². The zero-order chi connectivity index (χ0) is 32.3. The molecule has 1 atom stereocenters. The normalized spacial score (nSPS) is 16.5. The van der Waals surface area contributed by atoms with Gasteiger partial charge in [0.1, 0.15) is 5.82 Å². The minimum absolute atomic E-state index is 0.0176. The van der Waals surface area contributed by atoms with Crippen LogP contribution < -0.4 is 20.7 Å². The van der Waals surface area contributed by atoms with E-state index < -0.39 is 0 Å². The third-order valence-electron chi connectivity index (χ3n) is 8.82. The van der Waals surface area contributed by atoms with Crippen molar-refractivity contribution in [1.82, 2.24) is 10.3 Å². The number of pyridine rings is 1. The van der Waals surface area contributed by atoms with Crippen molar-refractivity contribution in [2.24, 2.45) is 5.92 Å². The number of halogens is 1. The van der Waals surface area contributed by atoms with E-state index in [1.807, 2.05) is 67.0 Å². The van der Waals surface area contributed by atoms with Gasteiger partial charge >= 0.3 is 0 Å². The molecule has 1 aromatic heterocycles. The molecule has 7 rings (SSSR count). The van der Waals surface area contributed by atoms with Gasteiger partial charge in [0.05, 0.1) is 0 Å². The Morgan fingerprint density at radius 1 is 0.848 bits per heavy atom. The highest BCUT2D eigenvalue weighted by atomic mass is 19.1. The van der Waals surface area contributed by atoms with Crippen LogP contribution in [0.4, 0.5) is 10.1 Å². The van der Waals surface area contributed by atoms with Crippen molar-refractivity contribution in [2.75, 3.05) is 11.9 Å². The molecule has 230 valence electrons. The summed E-state index contributed by atoms with van der Waals surface area (Å²) in [4.78, 5) is 32.3. The zero-order valence-electron chi connectivity index (χ0n) is 26.2. The van der Waals surface area contributed by atoms with Crippen molar-refractivity contribution in [1.29, 1.82) is 0 Å². The van der Waals surface area contributed by atoms with Gasteiger partial charge in [-0.05, 0) is 112 Å². The first kappa shape index (κ1) is 30.7. The van der Waals surface area contributed by atoms with Gasteiger partial charge in [0.15, 0.2) is 5.78 Å². The fraction of sp³-hybridized carbons (Fsp3) is 0.175. The molecule has 1 aliphatic heterocycles. The quantitative estimate of drug-likeness (QED) is 0.264. The lowest BCUT2D eigenvalue weighted by Gasteiger charge is -2.34. The second kappa shape index (κ2) is 12.9. The Hall–Kier alpha value is -5.36. The molecule has 4 aromatic rings. The monoisotopic (exact) mass is 609 g/mol. The average molecular weight is 610 g/mol. The number of rotatable bonds is 4. The van der Waals surface area contributed by atoms with Crippen LogP contribution in [0.25, 0.3) is 23.3 Å². The molecule has 1 amide bonds. The largest absolute Gasteiger partial charge is 0.368 e. The van der Waals surface area contributed by atoms with E-state index in [9.17, 15) is 14.0 Å². The lowest BCUT2D eigenvalue weighted by molar-refractivity contribution is 0.0932. The van der Waals surface area contributed by atoms with Crippen molar-refractivity contribution >= 4 is 29.5 Å². The summed E-state index contributed by atoms with van der Waals surface area (Å²) in [6.45, 7) is 4.37. The Morgan fingerprint density at radius 3 is 2.24 bits per heavy atom. The standard InChI is InChI=1S/C34H29FN2O2.C6H7N/c1-34(2)20-24(32(38)21-4-8-25(35)9-5-21)19-30-29-11-6-22-18-23(7-10-27(22)28(29)12-13-31(30)34)33(39)37(3)26-14-16-36-17-15-26;1-2-4-6-7-5-3-1/h4-5,7-19,24H,6,20H2,1-3H3;1-7H. The number of benzene rings is 3. The highest BCUT2D eigenvalue weighted by molar-refractivity contribution is 6.06. The Balaban J connectivity index is 0.000000471. The zero-order valence-corrected chi connectivity index (χ0v) is 26.2. The van der Waals surface area contributed by atoms with Crippen molar-refractivity contribution in [3.8, 4) is 11.1 Å². The third-order valence-corrected chi connectivity index (χ3v) is 8.82. The van der Waals surface area contributed by atoms with Crippen LogP contribution in [0, 0.1) is 11.7 Å². The van der Waals surface area contributed by atoms with E-state index in [1.165, 1.54) is 17.7 Å². The van der Waals surface area contributed by atoms with Gasteiger partial charge in [-0.15, -0.1) is 0 Å². The number of carbonyl (C=O) groups excluding carboxylic acids is 2. The van der Waals surface area contributed by atoms with Crippen molar-refractivity contribution in [2.45, 2.75) is 32.1 Å². The summed E-state index contributed by atoms with van der Waals surface area (Å²) in [5, 5.41) is 5.16. The maximum atomic E-state index is 13.5. The van der Waals surface area contributed by atoms with Crippen molar-refractivity contribution < 1.29 is 14.0 Å². The SMILES string of the molecule is C1=CC=CNC=C1.CN(C(=O)c1ccc2c(c1)CC=c1c-2ccc2c1=CC(C(=O)c1ccc(F)cc1)CC2(C)C)c1ccncc1. The number of hydrogen-bond acceptors (Lipinski definition) is 4. The van der Waals surface area contributed by atoms with Gasteiger partial charge in [0.2, 0.25) is 0 Å². The number of fused-ring (bicyclic) bond motifs is 5. The first-order valence-electron chi connectivity index (χ1n) is 15.4. The number of Topliss-reactive ketones (excluding diaryl/α,β-unsaturated/α-hetero) is 1. The number of ketones is 1.